The maximum absolute atomic E-state index is 12.8. The number of carbonyl (C=O) groups is 3. The van der Waals surface area contributed by atoms with Gasteiger partial charge in [0.25, 0.3) is 11.8 Å². The van der Waals surface area contributed by atoms with Gasteiger partial charge in [0, 0.05) is 52.1 Å². The van der Waals surface area contributed by atoms with E-state index >= 15 is 0 Å². The Hall–Kier alpha value is -3.59. The molecule has 174 valence electrons. The zero-order valence-electron chi connectivity index (χ0n) is 18.9. The fraction of sp³-hybridized carbons (Fsp3) is 0.375. The summed E-state index contributed by atoms with van der Waals surface area (Å²) in [5.74, 6) is 0.160. The van der Waals surface area contributed by atoms with Gasteiger partial charge in [-0.15, -0.1) is 0 Å². The van der Waals surface area contributed by atoms with Crippen LogP contribution in [0.4, 0.5) is 16.2 Å². The Morgan fingerprint density at radius 3 is 2.42 bits per heavy atom. The molecular formula is C24H28N4O5. The summed E-state index contributed by atoms with van der Waals surface area (Å²) in [4.78, 5) is 43.2. The highest BCUT2D eigenvalue weighted by Crippen LogP contribution is 2.29. The lowest BCUT2D eigenvalue weighted by molar-refractivity contribution is 0.0638. The quantitative estimate of drug-likeness (QED) is 0.513. The molecule has 9 nitrogen and oxygen atoms in total. The number of nitrogens with zero attached hydrogens (tertiary/aromatic N) is 3. The van der Waals surface area contributed by atoms with Crippen molar-refractivity contribution < 1.29 is 23.9 Å². The second-order valence-corrected chi connectivity index (χ2v) is 7.94. The predicted octanol–water partition coefficient (Wildman–Crippen LogP) is 2.68. The van der Waals surface area contributed by atoms with Gasteiger partial charge in [-0.05, 0) is 36.8 Å². The highest BCUT2D eigenvalue weighted by molar-refractivity contribution is 6.21. The van der Waals surface area contributed by atoms with Gasteiger partial charge in [-0.2, -0.15) is 0 Å². The van der Waals surface area contributed by atoms with Gasteiger partial charge in [0.1, 0.15) is 5.75 Å². The number of piperazine rings is 1. The first kappa shape index (κ1) is 22.6. The highest BCUT2D eigenvalue weighted by atomic mass is 16.5. The first-order valence-corrected chi connectivity index (χ1v) is 11.0. The molecular weight excluding hydrogens is 424 g/mol. The summed E-state index contributed by atoms with van der Waals surface area (Å²) in [6.07, 6.45) is 0.576. The van der Waals surface area contributed by atoms with Gasteiger partial charge in [0.2, 0.25) is 0 Å². The molecule has 0 bridgehead atoms. The van der Waals surface area contributed by atoms with E-state index in [2.05, 4.69) is 10.2 Å². The van der Waals surface area contributed by atoms with Gasteiger partial charge < -0.3 is 24.6 Å². The number of fused-ring (bicyclic) bond motifs is 1. The minimum absolute atomic E-state index is 0.233. The topological polar surface area (TPSA) is 91.4 Å². The third-order valence-electron chi connectivity index (χ3n) is 5.94. The number of imide groups is 1. The van der Waals surface area contributed by atoms with Crippen LogP contribution in [0, 0.1) is 0 Å². The molecule has 2 heterocycles. The lowest BCUT2D eigenvalue weighted by atomic mass is 10.1. The second kappa shape index (κ2) is 9.91. The third kappa shape index (κ3) is 4.63. The van der Waals surface area contributed by atoms with Crippen molar-refractivity contribution in [2.24, 2.45) is 0 Å². The molecule has 2 aromatic carbocycles. The number of hydrogen-bond acceptors (Lipinski definition) is 6. The molecule has 2 aliphatic heterocycles. The average molecular weight is 453 g/mol. The van der Waals surface area contributed by atoms with Crippen LogP contribution in [-0.4, -0.2) is 81.2 Å². The van der Waals surface area contributed by atoms with E-state index in [-0.39, 0.29) is 17.8 Å². The van der Waals surface area contributed by atoms with Crippen molar-refractivity contribution in [3.63, 3.8) is 0 Å². The number of ether oxygens (including phenoxy) is 2. The van der Waals surface area contributed by atoms with Crippen molar-refractivity contribution in [3.05, 3.63) is 53.6 Å². The van der Waals surface area contributed by atoms with Crippen LogP contribution >= 0.6 is 0 Å². The maximum atomic E-state index is 12.8. The molecule has 4 rings (SSSR count). The lowest BCUT2D eigenvalue weighted by Gasteiger charge is -2.36. The Morgan fingerprint density at radius 1 is 0.970 bits per heavy atom. The Bertz CT molecular complexity index is 1050. The zero-order valence-corrected chi connectivity index (χ0v) is 18.9. The molecule has 0 unspecified atom stereocenters. The summed E-state index contributed by atoms with van der Waals surface area (Å²) in [5, 5.41) is 2.86. The van der Waals surface area contributed by atoms with Crippen molar-refractivity contribution in [2.45, 2.75) is 6.42 Å². The number of carbonyl (C=O) groups excluding carboxylic acids is 3. The molecule has 1 N–H and O–H groups in total. The van der Waals surface area contributed by atoms with Crippen LogP contribution in [0.2, 0.25) is 0 Å². The van der Waals surface area contributed by atoms with Gasteiger partial charge in [-0.1, -0.05) is 12.1 Å². The van der Waals surface area contributed by atoms with Crippen LogP contribution in [0.25, 0.3) is 0 Å². The number of rotatable bonds is 7. The molecule has 9 heteroatoms. The van der Waals surface area contributed by atoms with Crippen molar-refractivity contribution in [2.75, 3.05) is 63.8 Å². The van der Waals surface area contributed by atoms with E-state index in [1.165, 1.54) is 4.90 Å². The monoisotopic (exact) mass is 452 g/mol. The summed E-state index contributed by atoms with van der Waals surface area (Å²) in [6, 6.07) is 12.4. The average Bonchev–Trinajstić information content (AvgIpc) is 3.08. The first-order chi connectivity index (χ1) is 16.0. The van der Waals surface area contributed by atoms with Gasteiger partial charge in [-0.25, -0.2) is 4.79 Å². The summed E-state index contributed by atoms with van der Waals surface area (Å²) in [6.45, 7) is 3.25. The van der Waals surface area contributed by atoms with Crippen LogP contribution in [-0.2, 0) is 4.74 Å². The second-order valence-electron chi connectivity index (χ2n) is 7.94. The minimum atomic E-state index is -0.340. The molecule has 4 amide bonds. The largest absolute Gasteiger partial charge is 0.495 e. The zero-order chi connectivity index (χ0) is 23.4. The molecule has 0 saturated carbocycles. The normalized spacial score (nSPS) is 15.6. The molecule has 0 atom stereocenters. The molecule has 0 aromatic heterocycles. The number of urea groups is 1. The van der Waals surface area contributed by atoms with E-state index in [9.17, 15) is 14.4 Å². The first-order valence-electron chi connectivity index (χ1n) is 11.0. The summed E-state index contributed by atoms with van der Waals surface area (Å²) in [7, 11) is 3.23. The van der Waals surface area contributed by atoms with E-state index < -0.39 is 0 Å². The van der Waals surface area contributed by atoms with Crippen LogP contribution in [0.1, 0.15) is 27.1 Å². The van der Waals surface area contributed by atoms with Crippen LogP contribution in [0.5, 0.6) is 5.75 Å². The number of amides is 4. The van der Waals surface area contributed by atoms with Crippen LogP contribution in [0.3, 0.4) is 0 Å². The number of benzene rings is 2. The number of hydrogen-bond donors (Lipinski definition) is 1. The van der Waals surface area contributed by atoms with Crippen molar-refractivity contribution in [1.82, 2.24) is 9.80 Å². The number of methoxy groups -OCH3 is 2. The minimum Gasteiger partial charge on any atom is -0.495 e. The van der Waals surface area contributed by atoms with E-state index in [0.717, 1.165) is 11.4 Å². The molecule has 2 aliphatic rings. The summed E-state index contributed by atoms with van der Waals surface area (Å²) >= 11 is 0. The molecule has 0 radical (unpaired) electrons. The Kier molecular flexibility index (Phi) is 6.79. The summed E-state index contributed by atoms with van der Waals surface area (Å²) in [5.41, 5.74) is 2.18. The standard InChI is InChI=1S/C24H28N4O5/c1-32-15-5-10-28-22(29)18-9-8-17(16-19(18)23(28)30)25-24(31)27-13-11-26(12-14-27)20-6-3-4-7-21(20)33-2/h3-4,6-9,16H,5,10-15H2,1-2H3,(H,25,31). The lowest BCUT2D eigenvalue weighted by Crippen LogP contribution is -2.50. The molecule has 33 heavy (non-hydrogen) atoms. The molecule has 0 aliphatic carbocycles. The number of nitrogens with one attached hydrogen (secondary N) is 1. The van der Waals surface area contributed by atoms with Gasteiger partial charge in [0.05, 0.1) is 23.9 Å². The predicted molar refractivity (Wildman–Crippen MR) is 124 cm³/mol. The van der Waals surface area contributed by atoms with Crippen LogP contribution in [0.15, 0.2) is 42.5 Å². The van der Waals surface area contributed by atoms with E-state index in [1.807, 2.05) is 24.3 Å². The number of para-hydroxylation sites is 2. The highest BCUT2D eigenvalue weighted by Gasteiger charge is 2.35. The Morgan fingerprint density at radius 2 is 1.70 bits per heavy atom. The fourth-order valence-electron chi connectivity index (χ4n) is 4.18. The molecule has 1 fully saturated rings. The third-order valence-corrected chi connectivity index (χ3v) is 5.94. The molecule has 2 aromatic rings. The van der Waals surface area contributed by atoms with Crippen molar-refractivity contribution >= 4 is 29.2 Å². The SMILES string of the molecule is COCCCN1C(=O)c2ccc(NC(=O)N3CCN(c4ccccc4OC)CC3)cc2C1=O. The summed E-state index contributed by atoms with van der Waals surface area (Å²) < 4.78 is 10.4. The van der Waals surface area contributed by atoms with Crippen molar-refractivity contribution in [1.29, 1.82) is 0 Å². The van der Waals surface area contributed by atoms with Gasteiger partial charge in [-0.3, -0.25) is 14.5 Å². The van der Waals surface area contributed by atoms with Crippen molar-refractivity contribution in [3.8, 4) is 5.75 Å². The Labute approximate surface area is 192 Å². The van der Waals surface area contributed by atoms with Gasteiger partial charge >= 0.3 is 6.03 Å². The number of anilines is 2. The maximum Gasteiger partial charge on any atom is 0.321 e. The van der Waals surface area contributed by atoms with E-state index in [4.69, 9.17) is 9.47 Å². The van der Waals surface area contributed by atoms with E-state index in [0.29, 0.717) is 62.6 Å². The molecule has 0 spiro atoms. The van der Waals surface area contributed by atoms with E-state index in [1.54, 1.807) is 37.3 Å². The van der Waals surface area contributed by atoms with Crippen LogP contribution < -0.4 is 15.0 Å². The van der Waals surface area contributed by atoms with Gasteiger partial charge in [0.15, 0.2) is 0 Å². The fourth-order valence-corrected chi connectivity index (χ4v) is 4.18. The molecule has 1 saturated heterocycles. The Balaban J connectivity index is 1.37. The smallest absolute Gasteiger partial charge is 0.321 e.